The number of benzene rings is 2. The molecule has 1 amide bonds. The number of carboxylic acid groups (broad SMARTS) is 1. The molecule has 0 aliphatic rings. The van der Waals surface area contributed by atoms with Gasteiger partial charge in [-0.2, -0.15) is 0 Å². The molecule has 0 aliphatic carbocycles. The minimum atomic E-state index is -1.29. The third kappa shape index (κ3) is 4.32. The lowest BCUT2D eigenvalue weighted by Crippen LogP contribution is -2.28. The normalized spacial score (nSPS) is 11.5. The minimum absolute atomic E-state index is 0.0208. The number of hydrogen-bond donors (Lipinski definition) is 1. The van der Waals surface area contributed by atoms with Crippen molar-refractivity contribution in [2.24, 2.45) is 4.99 Å². The first-order valence-corrected chi connectivity index (χ1v) is 9.33. The predicted molar refractivity (Wildman–Crippen MR) is 109 cm³/mol. The fourth-order valence-corrected chi connectivity index (χ4v) is 3.00. The third-order valence-corrected chi connectivity index (χ3v) is 4.54. The van der Waals surface area contributed by atoms with E-state index in [4.69, 9.17) is 13.6 Å². The van der Waals surface area contributed by atoms with E-state index in [0.29, 0.717) is 28.2 Å². The number of carboxylic acids is 1. The molecule has 0 aliphatic heterocycles. The number of para-hydroxylation sites is 1. The topological polar surface area (TPSA) is 117 Å². The maximum absolute atomic E-state index is 12.9. The summed E-state index contributed by atoms with van der Waals surface area (Å²) in [5.41, 5.74) is 1.11. The van der Waals surface area contributed by atoms with Crippen molar-refractivity contribution in [2.75, 3.05) is 7.11 Å². The molecule has 2 aromatic heterocycles. The largest absolute Gasteiger partial charge is 0.545 e. The highest BCUT2D eigenvalue weighted by Gasteiger charge is 2.15. The van der Waals surface area contributed by atoms with Crippen LogP contribution in [0.1, 0.15) is 26.5 Å². The zero-order valence-corrected chi connectivity index (χ0v) is 16.5. The van der Waals surface area contributed by atoms with Crippen molar-refractivity contribution < 1.29 is 28.3 Å². The highest BCUT2D eigenvalue weighted by molar-refractivity contribution is 5.97. The number of furan rings is 1. The molecule has 2 heterocycles. The molecule has 8 heteroatoms. The van der Waals surface area contributed by atoms with Gasteiger partial charge in [0.2, 0.25) is 5.55 Å². The Morgan fingerprint density at radius 3 is 2.58 bits per heavy atom. The van der Waals surface area contributed by atoms with Crippen LogP contribution in [0.4, 0.5) is 5.69 Å². The Hall–Kier alpha value is -4.33. The highest BCUT2D eigenvalue weighted by atomic mass is 16.5. The molecule has 2 aromatic carbocycles. The van der Waals surface area contributed by atoms with E-state index in [1.54, 1.807) is 36.4 Å². The maximum atomic E-state index is 12.9. The second kappa shape index (κ2) is 8.58. The molecule has 0 unspecified atom stereocenters. The summed E-state index contributed by atoms with van der Waals surface area (Å²) in [5.74, 6) is -0.604. The van der Waals surface area contributed by atoms with E-state index in [0.717, 1.165) is 0 Å². The maximum Gasteiger partial charge on any atom is 0.257 e. The van der Waals surface area contributed by atoms with E-state index in [9.17, 15) is 14.7 Å². The first-order chi connectivity index (χ1) is 15.0. The van der Waals surface area contributed by atoms with Crippen molar-refractivity contribution in [2.45, 2.75) is 6.54 Å². The molecule has 4 rings (SSSR count). The smallest absolute Gasteiger partial charge is 0.257 e. The van der Waals surface area contributed by atoms with Crippen LogP contribution in [0, 0.1) is 0 Å². The van der Waals surface area contributed by atoms with Crippen molar-refractivity contribution in [1.29, 1.82) is 0 Å². The first kappa shape index (κ1) is 20.0. The molecule has 0 saturated carbocycles. The summed E-state index contributed by atoms with van der Waals surface area (Å²) in [7, 11) is 1.52. The molecule has 1 N–H and O–H groups in total. The van der Waals surface area contributed by atoms with Gasteiger partial charge in [0.05, 0.1) is 31.6 Å². The van der Waals surface area contributed by atoms with Crippen LogP contribution in [0.3, 0.4) is 0 Å². The average molecular weight is 417 g/mol. The molecule has 0 saturated heterocycles. The van der Waals surface area contributed by atoms with Gasteiger partial charge in [0.1, 0.15) is 11.3 Å². The van der Waals surface area contributed by atoms with E-state index in [2.05, 4.69) is 10.3 Å². The van der Waals surface area contributed by atoms with Crippen LogP contribution >= 0.6 is 0 Å². The van der Waals surface area contributed by atoms with Crippen molar-refractivity contribution in [3.05, 3.63) is 89.4 Å². The van der Waals surface area contributed by atoms with Crippen molar-refractivity contribution in [3.8, 4) is 5.75 Å². The summed E-state index contributed by atoms with van der Waals surface area (Å²) < 4.78 is 16.5. The number of nitrogens with one attached hydrogen (secondary N) is 1. The summed E-state index contributed by atoms with van der Waals surface area (Å²) in [5, 5.41) is 14.4. The van der Waals surface area contributed by atoms with E-state index in [-0.39, 0.29) is 23.2 Å². The number of methoxy groups -OCH3 is 1. The minimum Gasteiger partial charge on any atom is -0.545 e. The quantitative estimate of drug-likeness (QED) is 0.515. The molecule has 0 radical (unpaired) electrons. The zero-order chi connectivity index (χ0) is 21.8. The highest BCUT2D eigenvalue weighted by Crippen LogP contribution is 2.25. The molecule has 0 bridgehead atoms. The van der Waals surface area contributed by atoms with Crippen LogP contribution in [-0.4, -0.2) is 19.0 Å². The third-order valence-electron chi connectivity index (χ3n) is 4.54. The Bertz CT molecular complexity index is 1300. The van der Waals surface area contributed by atoms with E-state index >= 15 is 0 Å². The Labute approximate surface area is 176 Å². The Morgan fingerprint density at radius 2 is 1.90 bits per heavy atom. The summed E-state index contributed by atoms with van der Waals surface area (Å²) >= 11 is 0. The number of carbonyl (C=O) groups excluding carboxylic acids is 2. The Morgan fingerprint density at radius 1 is 1.10 bits per heavy atom. The number of ether oxygens (including phenoxy) is 1. The van der Waals surface area contributed by atoms with E-state index in [1.807, 2.05) is 0 Å². The van der Waals surface area contributed by atoms with Gasteiger partial charge in [-0.1, -0.05) is 24.3 Å². The number of rotatable bonds is 6. The van der Waals surface area contributed by atoms with Gasteiger partial charge in [0, 0.05) is 5.39 Å². The van der Waals surface area contributed by atoms with E-state index < -0.39 is 11.9 Å². The average Bonchev–Trinajstić information content (AvgIpc) is 3.30. The molecular formula is C23H17N2O6-. The summed E-state index contributed by atoms with van der Waals surface area (Å²) in [4.78, 5) is 28.3. The summed E-state index contributed by atoms with van der Waals surface area (Å²) in [6, 6.07) is 16.2. The lowest BCUT2D eigenvalue weighted by Gasteiger charge is -2.08. The lowest BCUT2D eigenvalue weighted by atomic mass is 10.1. The van der Waals surface area contributed by atoms with Crippen molar-refractivity contribution in [3.63, 3.8) is 0 Å². The van der Waals surface area contributed by atoms with Gasteiger partial charge >= 0.3 is 0 Å². The molecule has 0 atom stereocenters. The van der Waals surface area contributed by atoms with Gasteiger partial charge in [-0.3, -0.25) is 4.79 Å². The Balaban J connectivity index is 1.80. The van der Waals surface area contributed by atoms with Gasteiger partial charge in [-0.15, -0.1) is 0 Å². The van der Waals surface area contributed by atoms with Crippen molar-refractivity contribution >= 4 is 28.5 Å². The van der Waals surface area contributed by atoms with Gasteiger partial charge in [-0.25, -0.2) is 4.99 Å². The molecule has 0 spiro atoms. The van der Waals surface area contributed by atoms with E-state index in [1.165, 1.54) is 37.6 Å². The molecule has 156 valence electrons. The monoisotopic (exact) mass is 417 g/mol. The molecular weight excluding hydrogens is 400 g/mol. The molecule has 31 heavy (non-hydrogen) atoms. The van der Waals surface area contributed by atoms with Crippen LogP contribution in [0.15, 0.2) is 80.8 Å². The number of amides is 1. The number of carbonyl (C=O) groups is 2. The molecule has 8 nitrogen and oxygen atoms in total. The van der Waals surface area contributed by atoms with Gasteiger partial charge in [0.25, 0.3) is 5.91 Å². The number of nitrogens with zero attached hydrogens (tertiary/aromatic N) is 1. The standard InChI is InChI=1S/C23H18N2O6/c1-29-19-6-2-4-15-12-18(21(26)24-13-17-5-3-11-30-17)22(31-20(15)19)25-16-9-7-14(8-10-16)23(27)28/h2-12H,13H2,1H3,(H,24,26)(H,27,28)/p-1. The summed E-state index contributed by atoms with van der Waals surface area (Å²) in [6.07, 6.45) is 1.52. The lowest BCUT2D eigenvalue weighted by molar-refractivity contribution is -0.255. The number of fused-ring (bicyclic) bond motifs is 1. The predicted octanol–water partition coefficient (Wildman–Crippen LogP) is 2.56. The number of aromatic carboxylic acids is 1. The van der Waals surface area contributed by atoms with Crippen LogP contribution in [0.25, 0.3) is 11.0 Å². The second-order valence-corrected chi connectivity index (χ2v) is 6.55. The summed E-state index contributed by atoms with van der Waals surface area (Å²) in [6.45, 7) is 0.196. The Kier molecular flexibility index (Phi) is 5.53. The van der Waals surface area contributed by atoms with Crippen LogP contribution < -0.4 is 20.7 Å². The van der Waals surface area contributed by atoms with Crippen LogP contribution in [-0.2, 0) is 6.54 Å². The number of hydrogen-bond acceptors (Lipinski definition) is 7. The molecule has 0 fully saturated rings. The van der Waals surface area contributed by atoms with Crippen LogP contribution in [0.5, 0.6) is 5.75 Å². The van der Waals surface area contributed by atoms with Gasteiger partial charge in [-0.05, 0) is 42.0 Å². The van der Waals surface area contributed by atoms with Crippen molar-refractivity contribution in [1.82, 2.24) is 5.32 Å². The fraction of sp³-hybridized carbons (Fsp3) is 0.0870. The second-order valence-electron chi connectivity index (χ2n) is 6.55. The SMILES string of the molecule is COc1cccc2cc(C(=O)NCc3ccco3)c(=Nc3ccc(C(=O)[O-])cc3)oc12. The van der Waals surface area contributed by atoms with Crippen LogP contribution in [0.2, 0.25) is 0 Å². The fourth-order valence-electron chi connectivity index (χ4n) is 3.00. The van der Waals surface area contributed by atoms with Gasteiger partial charge < -0.3 is 28.8 Å². The molecule has 4 aromatic rings. The van der Waals surface area contributed by atoms with Gasteiger partial charge in [0.15, 0.2) is 11.3 Å². The first-order valence-electron chi connectivity index (χ1n) is 9.33. The zero-order valence-electron chi connectivity index (χ0n) is 16.5.